The molecule has 2 rings (SSSR count). The Morgan fingerprint density at radius 2 is 1.95 bits per heavy atom. The molecule has 4 heteroatoms. The summed E-state index contributed by atoms with van der Waals surface area (Å²) >= 11 is 3.52. The Morgan fingerprint density at radius 3 is 2.63 bits per heavy atom. The molecule has 0 fully saturated rings. The van der Waals surface area contributed by atoms with Gasteiger partial charge in [-0.25, -0.2) is 4.98 Å². The molecular weight excluding hydrogens is 302 g/mol. The van der Waals surface area contributed by atoms with Crippen molar-refractivity contribution in [1.29, 1.82) is 0 Å². The molecule has 0 aliphatic rings. The summed E-state index contributed by atoms with van der Waals surface area (Å²) in [5.41, 5.74) is 10.1. The van der Waals surface area contributed by atoms with Crippen LogP contribution in [0.15, 0.2) is 34.9 Å². The molecule has 0 saturated carbocycles. The lowest BCUT2D eigenvalue weighted by atomic mass is 10.1. The molecule has 0 amide bonds. The monoisotopic (exact) mass is 319 g/mol. The first-order valence-electron chi connectivity index (χ1n) is 6.15. The summed E-state index contributed by atoms with van der Waals surface area (Å²) in [4.78, 5) is 6.56. The van der Waals surface area contributed by atoms with Crippen LogP contribution >= 0.6 is 15.9 Å². The molecule has 0 aliphatic carbocycles. The number of aryl methyl sites for hydroxylation is 2. The smallest absolute Gasteiger partial charge is 0.131 e. The molecule has 0 bridgehead atoms. The number of nitrogens with two attached hydrogens (primary N) is 1. The van der Waals surface area contributed by atoms with Crippen LogP contribution in [-0.4, -0.2) is 12.0 Å². The molecule has 0 spiro atoms. The fraction of sp³-hybridized carbons (Fsp3) is 0.267. The number of rotatable bonds is 3. The fourth-order valence-corrected chi connectivity index (χ4v) is 2.54. The third kappa shape index (κ3) is 3.26. The minimum atomic E-state index is 0.702. The Balaban J connectivity index is 2.25. The van der Waals surface area contributed by atoms with Gasteiger partial charge in [0.2, 0.25) is 0 Å². The van der Waals surface area contributed by atoms with E-state index in [2.05, 4.69) is 50.9 Å². The molecule has 2 aromatic rings. The summed E-state index contributed by atoms with van der Waals surface area (Å²) in [6.07, 6.45) is 1.70. The average molecular weight is 320 g/mol. The van der Waals surface area contributed by atoms with Gasteiger partial charge < -0.3 is 10.6 Å². The van der Waals surface area contributed by atoms with E-state index in [0.717, 1.165) is 22.4 Å². The van der Waals surface area contributed by atoms with Crippen LogP contribution in [0.2, 0.25) is 0 Å². The van der Waals surface area contributed by atoms with Crippen molar-refractivity contribution in [2.24, 2.45) is 0 Å². The molecule has 0 atom stereocenters. The molecule has 0 aliphatic heterocycles. The van der Waals surface area contributed by atoms with Crippen molar-refractivity contribution in [2.75, 3.05) is 17.7 Å². The molecule has 1 aromatic carbocycles. The summed E-state index contributed by atoms with van der Waals surface area (Å²) in [6, 6.07) is 8.28. The molecule has 100 valence electrons. The number of hydrogen-bond acceptors (Lipinski definition) is 3. The van der Waals surface area contributed by atoms with Gasteiger partial charge in [-0.1, -0.05) is 22.0 Å². The van der Waals surface area contributed by atoms with Crippen LogP contribution in [0.3, 0.4) is 0 Å². The predicted octanol–water partition coefficient (Wildman–Crippen LogP) is 3.68. The maximum absolute atomic E-state index is 5.74. The number of halogens is 1. The van der Waals surface area contributed by atoms with Crippen molar-refractivity contribution in [1.82, 2.24) is 4.98 Å². The normalized spacial score (nSPS) is 10.5. The van der Waals surface area contributed by atoms with E-state index in [4.69, 9.17) is 5.73 Å². The van der Waals surface area contributed by atoms with Crippen molar-refractivity contribution in [3.05, 3.63) is 51.6 Å². The van der Waals surface area contributed by atoms with Crippen LogP contribution in [0.5, 0.6) is 0 Å². The number of nitrogen functional groups attached to an aromatic ring is 1. The molecule has 1 heterocycles. The molecule has 0 radical (unpaired) electrons. The molecular formula is C15H18BrN3. The maximum Gasteiger partial charge on any atom is 0.131 e. The fourth-order valence-electron chi connectivity index (χ4n) is 2.13. The van der Waals surface area contributed by atoms with Crippen molar-refractivity contribution >= 4 is 27.4 Å². The highest BCUT2D eigenvalue weighted by Gasteiger charge is 2.09. The van der Waals surface area contributed by atoms with E-state index in [1.807, 2.05) is 20.0 Å². The number of anilines is 2. The van der Waals surface area contributed by atoms with E-state index >= 15 is 0 Å². The van der Waals surface area contributed by atoms with Crippen molar-refractivity contribution in [3.63, 3.8) is 0 Å². The highest BCUT2D eigenvalue weighted by molar-refractivity contribution is 9.10. The predicted molar refractivity (Wildman–Crippen MR) is 84.4 cm³/mol. The summed E-state index contributed by atoms with van der Waals surface area (Å²) < 4.78 is 1.10. The van der Waals surface area contributed by atoms with Gasteiger partial charge in [0.25, 0.3) is 0 Å². The third-order valence-electron chi connectivity index (χ3n) is 3.15. The van der Waals surface area contributed by atoms with Crippen LogP contribution in [0.25, 0.3) is 0 Å². The minimum absolute atomic E-state index is 0.702. The molecule has 0 unspecified atom stereocenters. The minimum Gasteiger partial charge on any atom is -0.397 e. The Bertz CT molecular complexity index is 596. The van der Waals surface area contributed by atoms with Crippen molar-refractivity contribution < 1.29 is 0 Å². The molecule has 1 aromatic heterocycles. The zero-order chi connectivity index (χ0) is 14.0. The first-order valence-corrected chi connectivity index (χ1v) is 6.95. The number of nitrogens with zero attached hydrogens (tertiary/aromatic N) is 2. The topological polar surface area (TPSA) is 42.2 Å². The van der Waals surface area contributed by atoms with Crippen LogP contribution in [0.4, 0.5) is 11.5 Å². The second kappa shape index (κ2) is 5.61. The first-order chi connectivity index (χ1) is 8.97. The van der Waals surface area contributed by atoms with E-state index in [1.54, 1.807) is 6.20 Å². The lowest BCUT2D eigenvalue weighted by molar-refractivity contribution is 0.884. The lowest BCUT2D eigenvalue weighted by Gasteiger charge is -2.21. The lowest BCUT2D eigenvalue weighted by Crippen LogP contribution is -2.19. The van der Waals surface area contributed by atoms with Gasteiger partial charge in [-0.15, -0.1) is 0 Å². The first kappa shape index (κ1) is 13.9. The Morgan fingerprint density at radius 1 is 1.21 bits per heavy atom. The number of pyridine rings is 1. The zero-order valence-electron chi connectivity index (χ0n) is 11.4. The SMILES string of the molecule is Cc1ccc(Br)cc1CN(C)c1ncc(N)cc1C. The van der Waals surface area contributed by atoms with E-state index < -0.39 is 0 Å². The quantitative estimate of drug-likeness (QED) is 0.938. The van der Waals surface area contributed by atoms with Gasteiger partial charge in [0.1, 0.15) is 5.82 Å². The summed E-state index contributed by atoms with van der Waals surface area (Å²) in [7, 11) is 2.05. The molecule has 3 nitrogen and oxygen atoms in total. The maximum atomic E-state index is 5.74. The highest BCUT2D eigenvalue weighted by Crippen LogP contribution is 2.22. The van der Waals surface area contributed by atoms with E-state index in [9.17, 15) is 0 Å². The third-order valence-corrected chi connectivity index (χ3v) is 3.65. The van der Waals surface area contributed by atoms with Crippen molar-refractivity contribution in [3.8, 4) is 0 Å². The Hall–Kier alpha value is -1.55. The molecule has 19 heavy (non-hydrogen) atoms. The second-order valence-electron chi connectivity index (χ2n) is 4.84. The highest BCUT2D eigenvalue weighted by atomic mass is 79.9. The summed E-state index contributed by atoms with van der Waals surface area (Å²) in [5, 5.41) is 0. The largest absolute Gasteiger partial charge is 0.397 e. The van der Waals surface area contributed by atoms with Crippen LogP contribution in [0, 0.1) is 13.8 Å². The van der Waals surface area contributed by atoms with E-state index in [-0.39, 0.29) is 0 Å². The van der Waals surface area contributed by atoms with E-state index in [0.29, 0.717) is 5.69 Å². The van der Waals surface area contributed by atoms with Gasteiger partial charge in [0.15, 0.2) is 0 Å². The average Bonchev–Trinajstić information content (AvgIpc) is 2.33. The summed E-state index contributed by atoms with van der Waals surface area (Å²) in [5.74, 6) is 0.966. The zero-order valence-corrected chi connectivity index (χ0v) is 13.0. The van der Waals surface area contributed by atoms with Gasteiger partial charge in [0, 0.05) is 18.1 Å². The number of aromatic nitrogens is 1. The van der Waals surface area contributed by atoms with Gasteiger partial charge in [-0.2, -0.15) is 0 Å². The van der Waals surface area contributed by atoms with Crippen LogP contribution in [-0.2, 0) is 6.54 Å². The second-order valence-corrected chi connectivity index (χ2v) is 5.75. The molecule has 2 N–H and O–H groups in total. The van der Waals surface area contributed by atoms with Gasteiger partial charge >= 0.3 is 0 Å². The van der Waals surface area contributed by atoms with Gasteiger partial charge in [-0.3, -0.25) is 0 Å². The summed E-state index contributed by atoms with van der Waals surface area (Å²) in [6.45, 7) is 4.98. The van der Waals surface area contributed by atoms with Crippen molar-refractivity contribution in [2.45, 2.75) is 20.4 Å². The standard InChI is InChI=1S/C15H18BrN3/c1-10-4-5-13(16)7-12(10)9-19(3)15-11(2)6-14(17)8-18-15/h4-8H,9,17H2,1-3H3. The molecule has 0 saturated heterocycles. The van der Waals surface area contributed by atoms with E-state index in [1.165, 1.54) is 11.1 Å². The number of benzene rings is 1. The Kier molecular flexibility index (Phi) is 4.10. The van der Waals surface area contributed by atoms with Gasteiger partial charge in [-0.05, 0) is 48.7 Å². The number of hydrogen-bond donors (Lipinski definition) is 1. The van der Waals surface area contributed by atoms with Crippen LogP contribution in [0.1, 0.15) is 16.7 Å². The van der Waals surface area contributed by atoms with Gasteiger partial charge in [0.05, 0.1) is 11.9 Å². The Labute approximate surface area is 122 Å². The van der Waals surface area contributed by atoms with Crippen LogP contribution < -0.4 is 10.6 Å².